The third kappa shape index (κ3) is 4.81. The van der Waals surface area contributed by atoms with E-state index in [2.05, 4.69) is 38.2 Å². The average molecular weight is 281 g/mol. The molecule has 4 nitrogen and oxygen atoms in total. The van der Waals surface area contributed by atoms with E-state index in [4.69, 9.17) is 10.9 Å². The quantitative estimate of drug-likeness (QED) is 0.336. The Morgan fingerprint density at radius 3 is 2.60 bits per heavy atom. The molecule has 0 bridgehead atoms. The lowest BCUT2D eigenvalue weighted by atomic mass is 9.82. The first-order valence-corrected chi connectivity index (χ1v) is 6.72. The van der Waals surface area contributed by atoms with E-state index in [9.17, 15) is 4.39 Å². The summed E-state index contributed by atoms with van der Waals surface area (Å²) in [7, 11) is 0. The summed E-state index contributed by atoms with van der Waals surface area (Å²) in [6, 6.07) is 4.41. The van der Waals surface area contributed by atoms with E-state index in [0.29, 0.717) is 18.0 Å². The molecule has 0 saturated heterocycles. The number of amidine groups is 1. The minimum absolute atomic E-state index is 0.0891. The van der Waals surface area contributed by atoms with Gasteiger partial charge in [0.15, 0.2) is 5.84 Å². The highest BCUT2D eigenvalue weighted by molar-refractivity contribution is 5.97. The molecule has 1 unspecified atom stereocenters. The fourth-order valence-electron chi connectivity index (χ4n) is 1.70. The van der Waals surface area contributed by atoms with Crippen molar-refractivity contribution in [1.82, 2.24) is 5.32 Å². The molecule has 0 aliphatic heterocycles. The van der Waals surface area contributed by atoms with Crippen molar-refractivity contribution >= 4 is 5.84 Å². The largest absolute Gasteiger partial charge is 0.409 e. The van der Waals surface area contributed by atoms with Crippen molar-refractivity contribution in [3.63, 3.8) is 0 Å². The normalized spacial score (nSPS) is 14.3. The Kier molecular flexibility index (Phi) is 5.51. The topological polar surface area (TPSA) is 70.6 Å². The Morgan fingerprint density at radius 1 is 1.40 bits per heavy atom. The van der Waals surface area contributed by atoms with Crippen LogP contribution in [0.5, 0.6) is 0 Å². The highest BCUT2D eigenvalue weighted by atomic mass is 19.1. The highest BCUT2D eigenvalue weighted by Gasteiger charge is 2.19. The summed E-state index contributed by atoms with van der Waals surface area (Å²) in [6.07, 6.45) is 0. The van der Waals surface area contributed by atoms with Crippen molar-refractivity contribution in [2.24, 2.45) is 22.2 Å². The number of hydrogen-bond donors (Lipinski definition) is 3. The maximum atomic E-state index is 13.5. The minimum Gasteiger partial charge on any atom is -0.409 e. The maximum Gasteiger partial charge on any atom is 0.170 e. The zero-order chi connectivity index (χ0) is 15.3. The first kappa shape index (κ1) is 16.4. The molecule has 5 heteroatoms. The van der Waals surface area contributed by atoms with Gasteiger partial charge < -0.3 is 16.3 Å². The summed E-state index contributed by atoms with van der Waals surface area (Å²) in [6.45, 7) is 10.2. The SMILES string of the molecule is CC(CNCc1cc(F)cc(/C(N)=N/O)c1)C(C)(C)C. The molecule has 0 aliphatic carbocycles. The van der Waals surface area contributed by atoms with Gasteiger partial charge in [0, 0.05) is 12.1 Å². The lowest BCUT2D eigenvalue weighted by molar-refractivity contribution is 0.252. The Morgan fingerprint density at radius 2 is 2.05 bits per heavy atom. The third-order valence-electron chi connectivity index (χ3n) is 3.62. The van der Waals surface area contributed by atoms with Gasteiger partial charge in [0.2, 0.25) is 0 Å². The van der Waals surface area contributed by atoms with Crippen molar-refractivity contribution < 1.29 is 9.60 Å². The molecule has 0 radical (unpaired) electrons. The van der Waals surface area contributed by atoms with Crippen molar-refractivity contribution in [3.8, 4) is 0 Å². The molecular formula is C15H24FN3O. The number of rotatable bonds is 5. The fourth-order valence-corrected chi connectivity index (χ4v) is 1.70. The van der Waals surface area contributed by atoms with Gasteiger partial charge in [-0.2, -0.15) is 0 Å². The zero-order valence-corrected chi connectivity index (χ0v) is 12.6. The molecule has 0 saturated carbocycles. The van der Waals surface area contributed by atoms with E-state index in [1.807, 2.05) is 0 Å². The first-order chi connectivity index (χ1) is 9.24. The van der Waals surface area contributed by atoms with Crippen LogP contribution in [-0.2, 0) is 6.54 Å². The minimum atomic E-state index is -0.394. The van der Waals surface area contributed by atoms with Crippen LogP contribution >= 0.6 is 0 Å². The first-order valence-electron chi connectivity index (χ1n) is 6.72. The van der Waals surface area contributed by atoms with Gasteiger partial charge in [-0.1, -0.05) is 32.9 Å². The third-order valence-corrected chi connectivity index (χ3v) is 3.62. The molecule has 1 atom stereocenters. The van der Waals surface area contributed by atoms with E-state index < -0.39 is 5.82 Å². The Hall–Kier alpha value is -1.62. The van der Waals surface area contributed by atoms with Crippen LogP contribution in [0.3, 0.4) is 0 Å². The lowest BCUT2D eigenvalue weighted by Gasteiger charge is -2.27. The van der Waals surface area contributed by atoms with E-state index in [0.717, 1.165) is 12.1 Å². The standard InChI is InChI=1S/C15H24FN3O/c1-10(15(2,3)4)8-18-9-11-5-12(14(17)19-20)7-13(16)6-11/h5-7,10,18,20H,8-9H2,1-4H3,(H2,17,19). The van der Waals surface area contributed by atoms with E-state index in [-0.39, 0.29) is 11.3 Å². The molecule has 0 fully saturated rings. The molecule has 1 aromatic rings. The Bertz CT molecular complexity index is 480. The molecule has 1 rings (SSSR count). The van der Waals surface area contributed by atoms with Crippen molar-refractivity contribution in [3.05, 3.63) is 35.1 Å². The molecular weight excluding hydrogens is 257 g/mol. The number of nitrogens with one attached hydrogen (secondary N) is 1. The second kappa shape index (κ2) is 6.70. The van der Waals surface area contributed by atoms with Gasteiger partial charge in [-0.3, -0.25) is 0 Å². The van der Waals surface area contributed by atoms with Gasteiger partial charge in [0.05, 0.1) is 0 Å². The number of nitrogens with two attached hydrogens (primary N) is 1. The van der Waals surface area contributed by atoms with Crippen LogP contribution in [0.25, 0.3) is 0 Å². The van der Waals surface area contributed by atoms with Crippen LogP contribution in [0.4, 0.5) is 4.39 Å². The predicted octanol–water partition coefficient (Wildman–Crippen LogP) is 2.69. The van der Waals surface area contributed by atoms with Crippen LogP contribution in [-0.4, -0.2) is 17.6 Å². The molecule has 112 valence electrons. The molecule has 4 N–H and O–H groups in total. The van der Waals surface area contributed by atoms with Gasteiger partial charge in [-0.25, -0.2) is 4.39 Å². The average Bonchev–Trinajstić information content (AvgIpc) is 2.35. The van der Waals surface area contributed by atoms with E-state index in [1.54, 1.807) is 6.07 Å². The maximum absolute atomic E-state index is 13.5. The van der Waals surface area contributed by atoms with Crippen LogP contribution < -0.4 is 11.1 Å². The van der Waals surface area contributed by atoms with E-state index in [1.165, 1.54) is 12.1 Å². The van der Waals surface area contributed by atoms with Gasteiger partial charge in [0.25, 0.3) is 0 Å². The Labute approximate surface area is 119 Å². The molecule has 0 amide bonds. The summed E-state index contributed by atoms with van der Waals surface area (Å²) < 4.78 is 13.5. The summed E-state index contributed by atoms with van der Waals surface area (Å²) in [4.78, 5) is 0. The summed E-state index contributed by atoms with van der Waals surface area (Å²) >= 11 is 0. The monoisotopic (exact) mass is 281 g/mol. The van der Waals surface area contributed by atoms with Gasteiger partial charge in [-0.15, -0.1) is 0 Å². The van der Waals surface area contributed by atoms with Gasteiger partial charge in [0.1, 0.15) is 5.82 Å². The number of oxime groups is 1. The van der Waals surface area contributed by atoms with Gasteiger partial charge >= 0.3 is 0 Å². The molecule has 0 spiro atoms. The second-order valence-corrected chi connectivity index (χ2v) is 6.23. The number of benzene rings is 1. The second-order valence-electron chi connectivity index (χ2n) is 6.23. The molecule has 0 aliphatic rings. The lowest BCUT2D eigenvalue weighted by Crippen LogP contribution is -2.29. The highest BCUT2D eigenvalue weighted by Crippen LogP contribution is 2.24. The number of hydrogen-bond acceptors (Lipinski definition) is 3. The summed E-state index contributed by atoms with van der Waals surface area (Å²) in [5.74, 6) is 0.0168. The number of nitrogens with zero attached hydrogens (tertiary/aromatic N) is 1. The molecule has 0 aromatic heterocycles. The van der Waals surface area contributed by atoms with Crippen LogP contribution in [0, 0.1) is 17.2 Å². The summed E-state index contributed by atoms with van der Waals surface area (Å²) in [5.41, 5.74) is 6.86. The van der Waals surface area contributed by atoms with Gasteiger partial charge in [-0.05, 0) is 41.6 Å². The van der Waals surface area contributed by atoms with Crippen molar-refractivity contribution in [1.29, 1.82) is 0 Å². The smallest absolute Gasteiger partial charge is 0.170 e. The molecule has 1 aromatic carbocycles. The number of halogens is 1. The zero-order valence-electron chi connectivity index (χ0n) is 12.6. The van der Waals surface area contributed by atoms with Crippen LogP contribution in [0.15, 0.2) is 23.4 Å². The predicted molar refractivity (Wildman–Crippen MR) is 79.2 cm³/mol. The van der Waals surface area contributed by atoms with Crippen molar-refractivity contribution in [2.75, 3.05) is 6.54 Å². The fraction of sp³-hybridized carbons (Fsp3) is 0.533. The molecule has 0 heterocycles. The van der Waals surface area contributed by atoms with Crippen LogP contribution in [0.1, 0.15) is 38.8 Å². The Balaban J connectivity index is 2.67. The summed E-state index contributed by atoms with van der Waals surface area (Å²) in [5, 5.41) is 14.8. The molecule has 20 heavy (non-hydrogen) atoms. The van der Waals surface area contributed by atoms with Crippen molar-refractivity contribution in [2.45, 2.75) is 34.2 Å². The van der Waals surface area contributed by atoms with E-state index >= 15 is 0 Å². The van der Waals surface area contributed by atoms with Crippen LogP contribution in [0.2, 0.25) is 0 Å².